The topological polar surface area (TPSA) is 83.8 Å². The van der Waals surface area contributed by atoms with Crippen molar-refractivity contribution in [2.45, 2.75) is 25.5 Å². The first-order valence-corrected chi connectivity index (χ1v) is 14.1. The molecule has 9 heteroatoms. The number of ether oxygens (including phenoxy) is 1. The number of rotatable bonds is 9. The van der Waals surface area contributed by atoms with Crippen LogP contribution in [0.25, 0.3) is 0 Å². The number of aliphatic hydroxyl groups excluding tert-OH is 1. The average Bonchev–Trinajstić information content (AvgIpc) is 3.33. The molecular weight excluding hydrogens is 546 g/mol. The molecule has 0 saturated carbocycles. The highest BCUT2D eigenvalue weighted by molar-refractivity contribution is 9.10. The lowest BCUT2D eigenvalue weighted by molar-refractivity contribution is 0.0708. The number of nitrogens with zero attached hydrogens (tertiary/aromatic N) is 2. The molecular formula is C26H28BrN3O3S2. The number of nitrogens with one attached hydrogen (secondary N) is 1. The lowest BCUT2D eigenvalue weighted by atomic mass is 9.80. The van der Waals surface area contributed by atoms with Gasteiger partial charge in [-0.3, -0.25) is 4.79 Å². The summed E-state index contributed by atoms with van der Waals surface area (Å²) in [5.41, 5.74) is 0.789. The second-order valence-electron chi connectivity index (χ2n) is 8.64. The van der Waals surface area contributed by atoms with Gasteiger partial charge in [-0.05, 0) is 46.0 Å². The molecule has 3 atom stereocenters. The molecule has 0 bridgehead atoms. The molecule has 3 aromatic rings. The van der Waals surface area contributed by atoms with E-state index >= 15 is 0 Å². The lowest BCUT2D eigenvalue weighted by Crippen LogP contribution is -2.46. The zero-order valence-electron chi connectivity index (χ0n) is 19.4. The number of amides is 1. The van der Waals surface area contributed by atoms with E-state index in [4.69, 9.17) is 9.73 Å². The van der Waals surface area contributed by atoms with Crippen LogP contribution in [-0.2, 0) is 16.9 Å². The number of hydrogen-bond donors (Lipinski definition) is 2. The van der Waals surface area contributed by atoms with Crippen molar-refractivity contribution in [3.8, 4) is 0 Å². The molecule has 0 fully saturated rings. The molecule has 2 heterocycles. The number of amidine groups is 1. The third-order valence-corrected chi connectivity index (χ3v) is 8.70. The number of hydrogen-bond acceptors (Lipinski definition) is 7. The maximum absolute atomic E-state index is 12.7. The van der Waals surface area contributed by atoms with Crippen LogP contribution in [0.3, 0.4) is 0 Å². The molecule has 2 N–H and O–H groups in total. The lowest BCUT2D eigenvalue weighted by Gasteiger charge is -2.39. The molecule has 0 saturated heterocycles. The van der Waals surface area contributed by atoms with Crippen LogP contribution < -0.4 is 5.32 Å². The molecule has 35 heavy (non-hydrogen) atoms. The van der Waals surface area contributed by atoms with Crippen molar-refractivity contribution in [3.05, 3.63) is 86.8 Å². The summed E-state index contributed by atoms with van der Waals surface area (Å²) < 4.78 is 6.69. The van der Waals surface area contributed by atoms with Crippen molar-refractivity contribution in [1.29, 1.82) is 0 Å². The highest BCUT2D eigenvalue weighted by atomic mass is 79.9. The van der Waals surface area contributed by atoms with Crippen molar-refractivity contribution in [2.75, 3.05) is 19.0 Å². The van der Waals surface area contributed by atoms with Gasteiger partial charge < -0.3 is 15.2 Å². The van der Waals surface area contributed by atoms with E-state index in [0.717, 1.165) is 17.0 Å². The van der Waals surface area contributed by atoms with Crippen LogP contribution in [-0.4, -0.2) is 40.1 Å². The van der Waals surface area contributed by atoms with Gasteiger partial charge in [0.05, 0.1) is 13.2 Å². The van der Waals surface area contributed by atoms with E-state index in [2.05, 4.69) is 45.3 Å². The Kier molecular flexibility index (Phi) is 9.13. The SMILES string of the molecule is C[C@@H](COCc1ccccc1)C[C@H]1CSC(NC(=O)c2ccccc2)=N[C@]1(CO)c1nc(Br)cs1. The normalized spacial score (nSPS) is 20.8. The summed E-state index contributed by atoms with van der Waals surface area (Å²) >= 11 is 6.41. The minimum atomic E-state index is -0.922. The predicted octanol–water partition coefficient (Wildman–Crippen LogP) is 5.49. The standard InChI is InChI=1S/C26H28BrN3O3S2/c1-18(13-33-14-19-8-4-2-5-9-19)12-21-15-35-25(29-23(32)20-10-6-3-7-11-20)30-26(21,17-31)24-28-22(27)16-34-24/h2-11,16,18,21,31H,12-15,17H2,1H3,(H,29,30,32)/t18-,21+,26+/m1/s1. The minimum absolute atomic E-state index is 0.0308. The first-order chi connectivity index (χ1) is 17.0. The van der Waals surface area contributed by atoms with Crippen LogP contribution in [0.1, 0.15) is 34.3 Å². The Morgan fingerprint density at radius 2 is 1.94 bits per heavy atom. The van der Waals surface area contributed by atoms with Gasteiger partial charge in [-0.2, -0.15) is 0 Å². The van der Waals surface area contributed by atoms with Crippen LogP contribution in [0, 0.1) is 11.8 Å². The second-order valence-corrected chi connectivity index (χ2v) is 11.3. The molecule has 6 nitrogen and oxygen atoms in total. The highest BCUT2D eigenvalue weighted by Crippen LogP contribution is 2.44. The fraction of sp³-hybridized carbons (Fsp3) is 0.346. The summed E-state index contributed by atoms with van der Waals surface area (Å²) in [6, 6.07) is 19.2. The Labute approximate surface area is 222 Å². The molecule has 2 aromatic carbocycles. The van der Waals surface area contributed by atoms with Crippen molar-refractivity contribution >= 4 is 50.1 Å². The Balaban J connectivity index is 1.49. The van der Waals surface area contributed by atoms with Gasteiger partial charge in [0.15, 0.2) is 5.17 Å². The fourth-order valence-electron chi connectivity index (χ4n) is 4.12. The van der Waals surface area contributed by atoms with Crippen molar-refractivity contribution in [2.24, 2.45) is 16.8 Å². The number of carbonyl (C=O) groups is 1. The molecule has 1 aliphatic heterocycles. The van der Waals surface area contributed by atoms with E-state index < -0.39 is 5.54 Å². The molecule has 0 unspecified atom stereocenters. The van der Waals surface area contributed by atoms with Crippen LogP contribution >= 0.6 is 39.0 Å². The first kappa shape index (κ1) is 26.0. The van der Waals surface area contributed by atoms with E-state index in [9.17, 15) is 9.90 Å². The smallest absolute Gasteiger partial charge is 0.257 e. The van der Waals surface area contributed by atoms with Gasteiger partial charge >= 0.3 is 0 Å². The monoisotopic (exact) mass is 573 g/mol. The summed E-state index contributed by atoms with van der Waals surface area (Å²) in [5, 5.41) is 16.7. The molecule has 1 aromatic heterocycles. The number of thioether (sulfide) groups is 1. The third kappa shape index (κ3) is 6.59. The van der Waals surface area contributed by atoms with Gasteiger partial charge in [-0.25, -0.2) is 9.98 Å². The first-order valence-electron chi connectivity index (χ1n) is 11.4. The predicted molar refractivity (Wildman–Crippen MR) is 146 cm³/mol. The zero-order chi connectivity index (χ0) is 24.7. The summed E-state index contributed by atoms with van der Waals surface area (Å²) in [7, 11) is 0. The van der Waals surface area contributed by atoms with Gasteiger partial charge in [0.2, 0.25) is 0 Å². The van der Waals surface area contributed by atoms with Gasteiger partial charge in [0.1, 0.15) is 15.1 Å². The maximum Gasteiger partial charge on any atom is 0.257 e. The maximum atomic E-state index is 12.7. The Bertz CT molecular complexity index is 1140. The number of aliphatic hydroxyl groups is 1. The summed E-state index contributed by atoms with van der Waals surface area (Å²) in [5.74, 6) is 0.775. The third-order valence-electron chi connectivity index (χ3n) is 5.94. The summed E-state index contributed by atoms with van der Waals surface area (Å²) in [4.78, 5) is 22.3. The van der Waals surface area contributed by atoms with Crippen molar-refractivity contribution in [3.63, 3.8) is 0 Å². The van der Waals surface area contributed by atoms with Gasteiger partial charge in [0.25, 0.3) is 5.91 Å². The van der Waals surface area contributed by atoms with Crippen molar-refractivity contribution in [1.82, 2.24) is 10.3 Å². The Morgan fingerprint density at radius 3 is 2.60 bits per heavy atom. The molecule has 0 radical (unpaired) electrons. The average molecular weight is 575 g/mol. The van der Waals surface area contributed by atoms with Crippen LogP contribution in [0.5, 0.6) is 0 Å². The van der Waals surface area contributed by atoms with Gasteiger partial charge in [-0.15, -0.1) is 11.3 Å². The van der Waals surface area contributed by atoms with Crippen LogP contribution in [0.2, 0.25) is 0 Å². The van der Waals surface area contributed by atoms with E-state index in [1.807, 2.05) is 41.8 Å². The number of halogens is 1. The number of carbonyl (C=O) groups excluding carboxylic acids is 1. The van der Waals surface area contributed by atoms with E-state index in [1.54, 1.807) is 12.1 Å². The summed E-state index contributed by atoms with van der Waals surface area (Å²) in [6.07, 6.45) is 0.808. The number of aliphatic imine (C=N–C) groups is 1. The molecule has 0 aliphatic carbocycles. The van der Waals surface area contributed by atoms with Crippen molar-refractivity contribution < 1.29 is 14.6 Å². The van der Waals surface area contributed by atoms with Gasteiger partial charge in [-0.1, -0.05) is 67.2 Å². The van der Waals surface area contributed by atoms with E-state index in [1.165, 1.54) is 23.1 Å². The molecule has 184 valence electrons. The highest BCUT2D eigenvalue weighted by Gasteiger charge is 2.46. The fourth-order valence-corrected chi connectivity index (χ4v) is 6.75. The molecule has 1 amide bonds. The van der Waals surface area contributed by atoms with Crippen LogP contribution in [0.4, 0.5) is 0 Å². The molecule has 0 spiro atoms. The Hall–Kier alpha value is -2.04. The van der Waals surface area contributed by atoms with Gasteiger partial charge in [0, 0.05) is 29.2 Å². The number of thiazole rings is 1. The zero-order valence-corrected chi connectivity index (χ0v) is 22.6. The molecule has 1 aliphatic rings. The largest absolute Gasteiger partial charge is 0.393 e. The Morgan fingerprint density at radius 1 is 1.23 bits per heavy atom. The van der Waals surface area contributed by atoms with E-state index in [-0.39, 0.29) is 24.3 Å². The quantitative estimate of drug-likeness (QED) is 0.354. The number of benzene rings is 2. The molecule has 4 rings (SSSR count). The minimum Gasteiger partial charge on any atom is -0.393 e. The number of aromatic nitrogens is 1. The second kappa shape index (κ2) is 12.3. The van der Waals surface area contributed by atoms with Crippen LogP contribution in [0.15, 0.2) is 75.6 Å². The summed E-state index contributed by atoms with van der Waals surface area (Å²) in [6.45, 7) is 3.15. The van der Waals surface area contributed by atoms with E-state index in [0.29, 0.717) is 34.3 Å².